The molecule has 0 spiro atoms. The second-order valence-corrected chi connectivity index (χ2v) is 8.07. The molecule has 2 rings (SSSR count). The Morgan fingerprint density at radius 2 is 1.84 bits per heavy atom. The Balaban J connectivity index is 2.44. The van der Waals surface area contributed by atoms with Crippen molar-refractivity contribution in [1.82, 2.24) is 9.88 Å². The Hall–Kier alpha value is -2.95. The van der Waals surface area contributed by atoms with Gasteiger partial charge in [-0.2, -0.15) is 22.0 Å². The molecule has 1 aromatic carbocycles. The number of ether oxygens (including phenoxy) is 1. The van der Waals surface area contributed by atoms with Gasteiger partial charge in [0.15, 0.2) is 0 Å². The number of hydrogen-bond donors (Lipinski definition) is 2. The molecule has 2 unspecified atom stereocenters. The van der Waals surface area contributed by atoms with Crippen LogP contribution in [0.3, 0.4) is 0 Å². The molecule has 32 heavy (non-hydrogen) atoms. The smallest absolute Gasteiger partial charge is 0.461 e. The number of alkyl halides is 4. The molecule has 1 aromatic heterocycles. The predicted molar refractivity (Wildman–Crippen MR) is 104 cm³/mol. The van der Waals surface area contributed by atoms with Crippen molar-refractivity contribution in [3.05, 3.63) is 59.7 Å². The molecule has 6 nitrogen and oxygen atoms in total. The molecule has 0 bridgehead atoms. The number of benzene rings is 1. The van der Waals surface area contributed by atoms with Crippen LogP contribution in [0.25, 0.3) is 0 Å². The van der Waals surface area contributed by atoms with Gasteiger partial charge in [-0.05, 0) is 51.0 Å². The zero-order valence-corrected chi connectivity index (χ0v) is 17.5. The largest absolute Gasteiger partial charge is 0.465 e. The summed E-state index contributed by atoms with van der Waals surface area (Å²) in [5, 5.41) is 20.7. The molecular weight excluding hydrogens is 439 g/mol. The number of amides is 1. The van der Waals surface area contributed by atoms with Crippen molar-refractivity contribution in [3.63, 3.8) is 0 Å². The van der Waals surface area contributed by atoms with Crippen LogP contribution >= 0.6 is 0 Å². The molecule has 1 amide bonds. The fraction of sp³-hybridized carbons (Fsp3) is 0.429. The van der Waals surface area contributed by atoms with E-state index in [9.17, 15) is 37.0 Å². The maximum absolute atomic E-state index is 13.3. The van der Waals surface area contributed by atoms with Crippen LogP contribution in [0.4, 0.5) is 26.7 Å². The van der Waals surface area contributed by atoms with Crippen molar-refractivity contribution in [2.24, 2.45) is 0 Å². The van der Waals surface area contributed by atoms with Gasteiger partial charge in [-0.15, -0.1) is 0 Å². The van der Waals surface area contributed by atoms with Gasteiger partial charge in [-0.1, -0.05) is 18.2 Å². The van der Waals surface area contributed by atoms with E-state index in [1.54, 1.807) is 20.8 Å². The lowest BCUT2D eigenvalue weighted by Gasteiger charge is -2.42. The zero-order valence-electron chi connectivity index (χ0n) is 17.5. The molecule has 0 fully saturated rings. The summed E-state index contributed by atoms with van der Waals surface area (Å²) in [6.07, 6.45) is -10.7. The molecule has 0 aliphatic heterocycles. The first-order valence-corrected chi connectivity index (χ1v) is 9.48. The highest BCUT2D eigenvalue weighted by Gasteiger charge is 2.44. The van der Waals surface area contributed by atoms with Crippen molar-refractivity contribution in [2.75, 3.05) is 0 Å². The SMILES string of the molecule is CC(C)(C)N(C(=O)O)C(Cc1cccc(OC(F)(F)C(F)F)c1)C(O)c1ccc(F)nc1. The third-order valence-electron chi connectivity index (χ3n) is 4.57. The molecule has 11 heteroatoms. The van der Waals surface area contributed by atoms with E-state index in [1.807, 2.05) is 0 Å². The Morgan fingerprint density at radius 1 is 1.19 bits per heavy atom. The number of aliphatic hydroxyl groups is 1. The average Bonchev–Trinajstić information content (AvgIpc) is 2.66. The first kappa shape index (κ1) is 25.3. The maximum Gasteiger partial charge on any atom is 0.461 e. The molecule has 0 aliphatic rings. The van der Waals surface area contributed by atoms with E-state index in [2.05, 4.69) is 9.72 Å². The lowest BCUT2D eigenvalue weighted by atomic mass is 9.92. The molecule has 0 saturated heterocycles. The molecular formula is C21H23F5N2O4. The summed E-state index contributed by atoms with van der Waals surface area (Å²) in [6.45, 7) is 4.77. The van der Waals surface area contributed by atoms with Crippen LogP contribution in [-0.4, -0.2) is 50.3 Å². The van der Waals surface area contributed by atoms with Crippen LogP contribution in [0.2, 0.25) is 0 Å². The van der Waals surface area contributed by atoms with Crippen molar-refractivity contribution in [1.29, 1.82) is 0 Å². The monoisotopic (exact) mass is 462 g/mol. The van der Waals surface area contributed by atoms with Crippen LogP contribution in [0, 0.1) is 5.95 Å². The lowest BCUT2D eigenvalue weighted by molar-refractivity contribution is -0.253. The Kier molecular flexibility index (Phi) is 7.66. The van der Waals surface area contributed by atoms with Gasteiger partial charge in [0.1, 0.15) is 11.9 Å². The summed E-state index contributed by atoms with van der Waals surface area (Å²) < 4.78 is 68.7. The van der Waals surface area contributed by atoms with Crippen LogP contribution in [0.5, 0.6) is 5.75 Å². The molecule has 0 aliphatic carbocycles. The van der Waals surface area contributed by atoms with E-state index >= 15 is 0 Å². The number of hydrogen-bond acceptors (Lipinski definition) is 4. The number of aromatic nitrogens is 1. The van der Waals surface area contributed by atoms with E-state index in [4.69, 9.17) is 0 Å². The number of carbonyl (C=O) groups is 1. The van der Waals surface area contributed by atoms with Crippen molar-refractivity contribution in [2.45, 2.75) is 57.4 Å². The first-order chi connectivity index (χ1) is 14.7. The van der Waals surface area contributed by atoms with Crippen LogP contribution < -0.4 is 4.74 Å². The highest BCUT2D eigenvalue weighted by molar-refractivity contribution is 5.66. The summed E-state index contributed by atoms with van der Waals surface area (Å²) >= 11 is 0. The summed E-state index contributed by atoms with van der Waals surface area (Å²) in [7, 11) is 0. The van der Waals surface area contributed by atoms with Gasteiger partial charge in [0, 0.05) is 17.3 Å². The van der Waals surface area contributed by atoms with Crippen LogP contribution in [-0.2, 0) is 6.42 Å². The zero-order chi connectivity index (χ0) is 24.3. The number of aliphatic hydroxyl groups excluding tert-OH is 1. The minimum absolute atomic E-state index is 0.128. The highest BCUT2D eigenvalue weighted by atomic mass is 19.3. The average molecular weight is 462 g/mol. The van der Waals surface area contributed by atoms with Gasteiger partial charge < -0.3 is 14.9 Å². The standard InChI is InChI=1S/C21H23F5N2O4/c1-20(2,3)28(19(30)31)15(17(29)13-7-8-16(22)27-11-13)10-12-5-4-6-14(9-12)32-21(25,26)18(23)24/h4-9,11,15,17-18,29H,10H2,1-3H3,(H,30,31). The summed E-state index contributed by atoms with van der Waals surface area (Å²) in [4.78, 5) is 16.5. The molecule has 176 valence electrons. The predicted octanol–water partition coefficient (Wildman–Crippen LogP) is 4.88. The Labute approximate surface area is 181 Å². The summed E-state index contributed by atoms with van der Waals surface area (Å²) in [5.74, 6) is -1.35. The Morgan fingerprint density at radius 3 is 2.34 bits per heavy atom. The second-order valence-electron chi connectivity index (χ2n) is 8.07. The second kappa shape index (κ2) is 9.68. The molecule has 2 aromatic rings. The lowest BCUT2D eigenvalue weighted by Crippen LogP contribution is -2.54. The summed E-state index contributed by atoms with van der Waals surface area (Å²) in [5.41, 5.74) is -0.632. The molecule has 2 atom stereocenters. The van der Waals surface area contributed by atoms with Gasteiger partial charge in [0.2, 0.25) is 5.95 Å². The van der Waals surface area contributed by atoms with Gasteiger partial charge in [-0.25, -0.2) is 9.78 Å². The van der Waals surface area contributed by atoms with Crippen LogP contribution in [0.1, 0.15) is 38.0 Å². The fourth-order valence-electron chi connectivity index (χ4n) is 3.23. The van der Waals surface area contributed by atoms with E-state index in [-0.39, 0.29) is 17.5 Å². The number of rotatable bonds is 8. The summed E-state index contributed by atoms with van der Waals surface area (Å²) in [6, 6.07) is 5.90. The van der Waals surface area contributed by atoms with E-state index < -0.39 is 48.0 Å². The number of carboxylic acid groups (broad SMARTS) is 1. The van der Waals surface area contributed by atoms with Gasteiger partial charge >= 0.3 is 18.6 Å². The molecule has 0 saturated carbocycles. The maximum atomic E-state index is 13.3. The number of pyridine rings is 1. The minimum Gasteiger partial charge on any atom is -0.465 e. The third kappa shape index (κ3) is 6.28. The van der Waals surface area contributed by atoms with Crippen molar-refractivity contribution in [3.8, 4) is 5.75 Å². The quantitative estimate of drug-likeness (QED) is 0.432. The third-order valence-corrected chi connectivity index (χ3v) is 4.57. The van der Waals surface area contributed by atoms with E-state index in [1.165, 1.54) is 18.2 Å². The van der Waals surface area contributed by atoms with Gasteiger partial charge in [0.25, 0.3) is 0 Å². The van der Waals surface area contributed by atoms with Crippen LogP contribution in [0.15, 0.2) is 42.6 Å². The molecule has 1 heterocycles. The topological polar surface area (TPSA) is 82.9 Å². The van der Waals surface area contributed by atoms with Crippen molar-refractivity contribution < 1.29 is 41.7 Å². The van der Waals surface area contributed by atoms with Crippen molar-refractivity contribution >= 4 is 6.09 Å². The molecule has 0 radical (unpaired) electrons. The van der Waals surface area contributed by atoms with Gasteiger partial charge in [-0.3, -0.25) is 4.90 Å². The number of halogens is 5. The van der Waals surface area contributed by atoms with E-state index in [0.717, 1.165) is 29.3 Å². The molecule has 2 N–H and O–H groups in total. The normalized spacial score (nSPS) is 14.2. The number of nitrogens with zero attached hydrogens (tertiary/aromatic N) is 2. The first-order valence-electron chi connectivity index (χ1n) is 9.48. The Bertz CT molecular complexity index is 919. The van der Waals surface area contributed by atoms with E-state index in [0.29, 0.717) is 0 Å². The minimum atomic E-state index is -4.71. The fourth-order valence-corrected chi connectivity index (χ4v) is 3.23. The van der Waals surface area contributed by atoms with Gasteiger partial charge in [0.05, 0.1) is 6.04 Å². The highest BCUT2D eigenvalue weighted by Crippen LogP contribution is 2.32.